The molecular weight excluding hydrogens is 382 g/mol. The van der Waals surface area contributed by atoms with Gasteiger partial charge in [-0.3, -0.25) is 14.9 Å². The van der Waals surface area contributed by atoms with Crippen molar-refractivity contribution in [2.24, 2.45) is 5.92 Å². The molecule has 2 aromatic rings. The van der Waals surface area contributed by atoms with E-state index < -0.39 is 0 Å². The number of hydrogen-bond acceptors (Lipinski definition) is 5. The maximum absolute atomic E-state index is 12.7. The lowest BCUT2D eigenvalue weighted by Gasteiger charge is -2.33. The molecule has 0 aromatic heterocycles. The second-order valence-electron chi connectivity index (χ2n) is 7.99. The molecular formula is C23H27N3O4. The summed E-state index contributed by atoms with van der Waals surface area (Å²) in [5.41, 5.74) is 2.33. The van der Waals surface area contributed by atoms with Gasteiger partial charge in [0.2, 0.25) is 0 Å². The van der Waals surface area contributed by atoms with Crippen LogP contribution in [0, 0.1) is 16.0 Å². The second kappa shape index (κ2) is 9.26. The lowest BCUT2D eigenvalue weighted by molar-refractivity contribution is -0.384. The van der Waals surface area contributed by atoms with E-state index in [9.17, 15) is 14.9 Å². The summed E-state index contributed by atoms with van der Waals surface area (Å²) in [6, 6.07) is 15.4. The topological polar surface area (TPSA) is 75.9 Å². The van der Waals surface area contributed by atoms with Crippen molar-refractivity contribution in [3.8, 4) is 0 Å². The van der Waals surface area contributed by atoms with E-state index in [1.807, 2.05) is 6.07 Å². The number of morpholine rings is 1. The summed E-state index contributed by atoms with van der Waals surface area (Å²) in [5, 5.41) is 11.8. The van der Waals surface area contributed by atoms with Crippen LogP contribution in [0.5, 0.6) is 0 Å². The Kier molecular flexibility index (Phi) is 6.28. The lowest BCUT2D eigenvalue weighted by atomic mass is 9.90. The molecule has 0 N–H and O–H groups in total. The fourth-order valence-corrected chi connectivity index (χ4v) is 4.34. The number of nitrogens with zero attached hydrogens (tertiary/aromatic N) is 3. The molecule has 7 heteroatoms. The monoisotopic (exact) mass is 409 g/mol. The molecule has 2 fully saturated rings. The Morgan fingerprint density at radius 2 is 1.73 bits per heavy atom. The van der Waals surface area contributed by atoms with Crippen LogP contribution in [-0.4, -0.2) is 55.1 Å². The third kappa shape index (κ3) is 4.62. The van der Waals surface area contributed by atoms with Gasteiger partial charge in [0.15, 0.2) is 0 Å². The van der Waals surface area contributed by atoms with E-state index in [4.69, 9.17) is 4.74 Å². The Morgan fingerprint density at radius 3 is 2.40 bits per heavy atom. The van der Waals surface area contributed by atoms with Crippen molar-refractivity contribution in [1.29, 1.82) is 0 Å². The zero-order chi connectivity index (χ0) is 20.9. The van der Waals surface area contributed by atoms with Crippen LogP contribution in [0.4, 0.5) is 11.4 Å². The Morgan fingerprint density at radius 1 is 1.03 bits per heavy atom. The van der Waals surface area contributed by atoms with Gasteiger partial charge in [0.1, 0.15) is 5.69 Å². The standard InChI is InChI=1S/C23H27N3O4/c27-23(25-12-14-30-15-13-25)20-6-7-21(22(17-20)26(28)29)24-10-8-19(9-11-24)16-18-4-2-1-3-5-18/h1-7,17,19H,8-16H2. The Labute approximate surface area is 176 Å². The molecule has 2 aliphatic heterocycles. The van der Waals surface area contributed by atoms with Gasteiger partial charge in [-0.25, -0.2) is 0 Å². The molecule has 2 aromatic carbocycles. The maximum atomic E-state index is 12.7. The second-order valence-corrected chi connectivity index (χ2v) is 7.99. The number of carbonyl (C=O) groups is 1. The molecule has 0 aliphatic carbocycles. The number of carbonyl (C=O) groups excluding carboxylic acids is 1. The Hall–Kier alpha value is -2.93. The largest absolute Gasteiger partial charge is 0.378 e. The van der Waals surface area contributed by atoms with Crippen molar-refractivity contribution in [3.63, 3.8) is 0 Å². The van der Waals surface area contributed by atoms with Crippen LogP contribution in [0.3, 0.4) is 0 Å². The maximum Gasteiger partial charge on any atom is 0.293 e. The zero-order valence-corrected chi connectivity index (χ0v) is 17.0. The van der Waals surface area contributed by atoms with Crippen molar-refractivity contribution < 1.29 is 14.5 Å². The Balaban J connectivity index is 1.45. The van der Waals surface area contributed by atoms with Crippen LogP contribution in [0.2, 0.25) is 0 Å². The van der Waals surface area contributed by atoms with Gasteiger partial charge < -0.3 is 14.5 Å². The van der Waals surface area contributed by atoms with E-state index in [0.717, 1.165) is 32.4 Å². The minimum Gasteiger partial charge on any atom is -0.378 e. The van der Waals surface area contributed by atoms with E-state index in [1.165, 1.54) is 11.6 Å². The SMILES string of the molecule is O=C(c1ccc(N2CCC(Cc3ccccc3)CC2)c([N+](=O)[O-])c1)N1CCOCC1. The minimum atomic E-state index is -0.374. The van der Waals surface area contributed by atoms with Crippen molar-refractivity contribution in [1.82, 2.24) is 4.90 Å². The lowest BCUT2D eigenvalue weighted by Crippen LogP contribution is -2.40. The normalized spacial score (nSPS) is 17.7. The first-order valence-corrected chi connectivity index (χ1v) is 10.6. The third-order valence-electron chi connectivity index (χ3n) is 6.04. The molecule has 158 valence electrons. The predicted molar refractivity (Wildman–Crippen MR) is 115 cm³/mol. The number of anilines is 1. The highest BCUT2D eigenvalue weighted by Gasteiger charge is 2.27. The summed E-state index contributed by atoms with van der Waals surface area (Å²) in [7, 11) is 0. The van der Waals surface area contributed by atoms with E-state index in [-0.39, 0.29) is 16.5 Å². The van der Waals surface area contributed by atoms with Gasteiger partial charge in [-0.15, -0.1) is 0 Å². The molecule has 0 spiro atoms. The summed E-state index contributed by atoms with van der Waals surface area (Å²) in [5.74, 6) is 0.416. The van der Waals surface area contributed by atoms with Gasteiger partial charge in [-0.1, -0.05) is 30.3 Å². The number of nitro groups is 1. The summed E-state index contributed by atoms with van der Waals surface area (Å²) in [6.07, 6.45) is 3.05. The number of piperidine rings is 1. The van der Waals surface area contributed by atoms with Crippen LogP contribution < -0.4 is 4.90 Å². The third-order valence-corrected chi connectivity index (χ3v) is 6.04. The van der Waals surface area contributed by atoms with Crippen LogP contribution in [-0.2, 0) is 11.2 Å². The zero-order valence-electron chi connectivity index (χ0n) is 17.0. The average molecular weight is 409 g/mol. The number of ether oxygens (including phenoxy) is 1. The highest BCUT2D eigenvalue weighted by Crippen LogP contribution is 2.33. The number of hydrogen-bond donors (Lipinski definition) is 0. The van der Waals surface area contributed by atoms with Crippen LogP contribution >= 0.6 is 0 Å². The molecule has 0 saturated carbocycles. The molecule has 2 aliphatic rings. The number of amides is 1. The smallest absolute Gasteiger partial charge is 0.293 e. The first kappa shape index (κ1) is 20.3. The van der Waals surface area contributed by atoms with Crippen molar-refractivity contribution >= 4 is 17.3 Å². The van der Waals surface area contributed by atoms with Crippen LogP contribution in [0.25, 0.3) is 0 Å². The highest BCUT2D eigenvalue weighted by molar-refractivity contribution is 5.96. The highest BCUT2D eigenvalue weighted by atomic mass is 16.6. The van der Waals surface area contributed by atoms with Gasteiger partial charge in [0.25, 0.3) is 11.6 Å². The molecule has 4 rings (SSSR count). The fourth-order valence-electron chi connectivity index (χ4n) is 4.34. The van der Waals surface area contributed by atoms with E-state index >= 15 is 0 Å². The van der Waals surface area contributed by atoms with Gasteiger partial charge in [0.05, 0.1) is 18.1 Å². The van der Waals surface area contributed by atoms with Crippen LogP contribution in [0.1, 0.15) is 28.8 Å². The molecule has 0 radical (unpaired) electrons. The van der Waals surface area contributed by atoms with Gasteiger partial charge in [-0.05, 0) is 42.9 Å². The van der Waals surface area contributed by atoms with Gasteiger partial charge in [-0.2, -0.15) is 0 Å². The quantitative estimate of drug-likeness (QED) is 0.558. The molecule has 7 nitrogen and oxygen atoms in total. The van der Waals surface area contributed by atoms with E-state index in [2.05, 4.69) is 29.2 Å². The summed E-state index contributed by atoms with van der Waals surface area (Å²) in [6.45, 7) is 3.62. The van der Waals surface area contributed by atoms with E-state index in [1.54, 1.807) is 17.0 Å². The van der Waals surface area contributed by atoms with Gasteiger partial charge >= 0.3 is 0 Å². The molecule has 2 saturated heterocycles. The first-order valence-electron chi connectivity index (χ1n) is 10.6. The summed E-state index contributed by atoms with van der Waals surface area (Å²) >= 11 is 0. The molecule has 0 bridgehead atoms. The molecule has 1 amide bonds. The summed E-state index contributed by atoms with van der Waals surface area (Å²) < 4.78 is 5.28. The average Bonchev–Trinajstić information content (AvgIpc) is 2.80. The summed E-state index contributed by atoms with van der Waals surface area (Å²) in [4.78, 5) is 27.9. The molecule has 30 heavy (non-hydrogen) atoms. The van der Waals surface area contributed by atoms with Crippen molar-refractivity contribution in [2.45, 2.75) is 19.3 Å². The number of rotatable bonds is 5. The molecule has 0 unspecified atom stereocenters. The number of nitro benzene ring substituents is 1. The molecule has 2 heterocycles. The van der Waals surface area contributed by atoms with Gasteiger partial charge in [0, 0.05) is 37.8 Å². The Bertz CT molecular complexity index is 889. The number of benzene rings is 2. The van der Waals surface area contributed by atoms with E-state index in [0.29, 0.717) is 43.5 Å². The molecule has 0 atom stereocenters. The minimum absolute atomic E-state index is 0.00983. The first-order chi connectivity index (χ1) is 14.6. The van der Waals surface area contributed by atoms with Crippen LogP contribution in [0.15, 0.2) is 48.5 Å². The predicted octanol–water partition coefficient (Wildman–Crippen LogP) is 3.53. The van der Waals surface area contributed by atoms with Crippen molar-refractivity contribution in [2.75, 3.05) is 44.3 Å². The fraction of sp³-hybridized carbons (Fsp3) is 0.435. The van der Waals surface area contributed by atoms with Crippen molar-refractivity contribution in [3.05, 3.63) is 69.8 Å².